The van der Waals surface area contributed by atoms with E-state index in [1.165, 1.54) is 0 Å². The SMILES string of the molecule is CCCCOc1ncc2c(n1)n(Cc1ccc(OC)cc1)c(=O)n2CCCN1CCOCC1. The van der Waals surface area contributed by atoms with Gasteiger partial charge in [-0.2, -0.15) is 4.98 Å². The Balaban J connectivity index is 1.59. The molecule has 3 aromatic rings. The highest BCUT2D eigenvalue weighted by molar-refractivity contribution is 5.71. The first-order valence-corrected chi connectivity index (χ1v) is 11.7. The summed E-state index contributed by atoms with van der Waals surface area (Å²) in [6, 6.07) is 8.04. The van der Waals surface area contributed by atoms with Crippen LogP contribution in [-0.4, -0.2) is 70.6 Å². The number of aryl methyl sites for hydroxylation is 1. The molecule has 9 heteroatoms. The first-order chi connectivity index (χ1) is 16.2. The van der Waals surface area contributed by atoms with E-state index < -0.39 is 0 Å². The molecule has 4 rings (SSSR count). The van der Waals surface area contributed by atoms with Gasteiger partial charge in [-0.15, -0.1) is 0 Å². The molecule has 0 N–H and O–H groups in total. The molecule has 0 unspecified atom stereocenters. The summed E-state index contributed by atoms with van der Waals surface area (Å²) in [4.78, 5) is 24.8. The van der Waals surface area contributed by atoms with E-state index in [0.717, 1.165) is 68.9 Å². The van der Waals surface area contributed by atoms with Gasteiger partial charge >= 0.3 is 11.7 Å². The second kappa shape index (κ2) is 11.3. The predicted octanol–water partition coefficient (Wildman–Crippen LogP) is 2.55. The van der Waals surface area contributed by atoms with Gasteiger partial charge < -0.3 is 14.2 Å². The number of morpholine rings is 1. The van der Waals surface area contributed by atoms with Crippen molar-refractivity contribution in [1.82, 2.24) is 24.0 Å². The van der Waals surface area contributed by atoms with Gasteiger partial charge in [-0.25, -0.2) is 9.78 Å². The summed E-state index contributed by atoms with van der Waals surface area (Å²) in [6.45, 7) is 8.06. The van der Waals surface area contributed by atoms with Crippen molar-refractivity contribution in [2.24, 2.45) is 0 Å². The molecule has 0 bridgehead atoms. The van der Waals surface area contributed by atoms with Crippen molar-refractivity contribution in [2.75, 3.05) is 46.6 Å². The quantitative estimate of drug-likeness (QED) is 0.411. The van der Waals surface area contributed by atoms with Crippen LogP contribution in [0.15, 0.2) is 35.3 Å². The van der Waals surface area contributed by atoms with E-state index in [-0.39, 0.29) is 5.69 Å². The molecule has 9 nitrogen and oxygen atoms in total. The van der Waals surface area contributed by atoms with Gasteiger partial charge in [0.25, 0.3) is 0 Å². The first-order valence-electron chi connectivity index (χ1n) is 11.7. The number of ether oxygens (including phenoxy) is 3. The largest absolute Gasteiger partial charge is 0.497 e. The maximum atomic E-state index is 13.4. The Morgan fingerprint density at radius 1 is 1.06 bits per heavy atom. The van der Waals surface area contributed by atoms with E-state index in [9.17, 15) is 4.79 Å². The summed E-state index contributed by atoms with van der Waals surface area (Å²) in [5.74, 6) is 0.783. The lowest BCUT2D eigenvalue weighted by Crippen LogP contribution is -2.37. The minimum absolute atomic E-state index is 0.0807. The van der Waals surface area contributed by atoms with Gasteiger partial charge in [0.2, 0.25) is 0 Å². The van der Waals surface area contributed by atoms with Crippen LogP contribution in [0, 0.1) is 0 Å². The highest BCUT2D eigenvalue weighted by Gasteiger charge is 2.18. The molecule has 1 saturated heterocycles. The van der Waals surface area contributed by atoms with E-state index >= 15 is 0 Å². The van der Waals surface area contributed by atoms with Crippen molar-refractivity contribution < 1.29 is 14.2 Å². The fourth-order valence-corrected chi connectivity index (χ4v) is 4.01. The number of methoxy groups -OCH3 is 1. The minimum atomic E-state index is -0.0807. The number of hydrogen-bond donors (Lipinski definition) is 0. The zero-order valence-corrected chi connectivity index (χ0v) is 19.5. The Hall–Kier alpha value is -2.91. The van der Waals surface area contributed by atoms with Gasteiger partial charge in [0.05, 0.1) is 39.7 Å². The standard InChI is InChI=1S/C24H33N5O4/c1-3-4-14-33-23-25-17-21-22(26-23)29(18-19-6-8-20(31-2)9-7-19)24(30)28(21)11-5-10-27-12-15-32-16-13-27/h6-9,17H,3-5,10-16,18H2,1-2H3. The van der Waals surface area contributed by atoms with Gasteiger partial charge in [0, 0.05) is 26.2 Å². The highest BCUT2D eigenvalue weighted by Crippen LogP contribution is 2.17. The van der Waals surface area contributed by atoms with E-state index in [2.05, 4.69) is 21.8 Å². The minimum Gasteiger partial charge on any atom is -0.497 e. The summed E-state index contributed by atoms with van der Waals surface area (Å²) < 4.78 is 19.9. The summed E-state index contributed by atoms with van der Waals surface area (Å²) in [5, 5.41) is 0. The number of aromatic nitrogens is 4. The highest BCUT2D eigenvalue weighted by atomic mass is 16.5. The zero-order valence-electron chi connectivity index (χ0n) is 19.5. The smallest absolute Gasteiger partial charge is 0.330 e. The summed E-state index contributed by atoms with van der Waals surface area (Å²) in [6.07, 6.45) is 4.55. The van der Waals surface area contributed by atoms with Gasteiger partial charge in [0.15, 0.2) is 5.65 Å². The van der Waals surface area contributed by atoms with Gasteiger partial charge in [-0.3, -0.25) is 14.0 Å². The van der Waals surface area contributed by atoms with Crippen molar-refractivity contribution in [1.29, 1.82) is 0 Å². The monoisotopic (exact) mass is 455 g/mol. The van der Waals surface area contributed by atoms with E-state index in [1.54, 1.807) is 22.4 Å². The molecule has 2 aromatic heterocycles. The number of fused-ring (bicyclic) bond motifs is 1. The maximum Gasteiger partial charge on any atom is 0.330 e. The Labute approximate surface area is 193 Å². The van der Waals surface area contributed by atoms with Gasteiger partial charge in [-0.1, -0.05) is 25.5 Å². The number of nitrogens with zero attached hydrogens (tertiary/aromatic N) is 5. The van der Waals surface area contributed by atoms with Crippen molar-refractivity contribution >= 4 is 11.2 Å². The van der Waals surface area contributed by atoms with Crippen LogP contribution in [-0.2, 0) is 17.8 Å². The fourth-order valence-electron chi connectivity index (χ4n) is 4.01. The van der Waals surface area contributed by atoms with E-state index in [0.29, 0.717) is 31.4 Å². The third kappa shape index (κ3) is 5.72. The molecular formula is C24H33N5O4. The lowest BCUT2D eigenvalue weighted by Gasteiger charge is -2.26. The molecule has 1 aliphatic rings. The summed E-state index contributed by atoms with van der Waals surface area (Å²) >= 11 is 0. The maximum absolute atomic E-state index is 13.4. The molecule has 0 amide bonds. The Morgan fingerprint density at radius 3 is 2.58 bits per heavy atom. The van der Waals surface area contributed by atoms with E-state index in [4.69, 9.17) is 14.2 Å². The van der Waals surface area contributed by atoms with Crippen LogP contribution in [0.5, 0.6) is 11.8 Å². The van der Waals surface area contributed by atoms with Crippen molar-refractivity contribution in [3.8, 4) is 11.8 Å². The molecule has 3 heterocycles. The Morgan fingerprint density at radius 2 is 1.85 bits per heavy atom. The van der Waals surface area contributed by atoms with E-state index in [1.807, 2.05) is 24.3 Å². The molecule has 0 atom stereocenters. The summed E-state index contributed by atoms with van der Waals surface area (Å²) in [7, 11) is 1.64. The average Bonchev–Trinajstić information content (AvgIpc) is 3.11. The Bertz CT molecular complexity index is 1090. The number of rotatable bonds is 11. The van der Waals surface area contributed by atoms with Gasteiger partial charge in [0.1, 0.15) is 11.3 Å². The lowest BCUT2D eigenvalue weighted by atomic mass is 10.2. The molecule has 0 aliphatic carbocycles. The van der Waals surface area contributed by atoms with Crippen LogP contribution < -0.4 is 15.2 Å². The molecule has 33 heavy (non-hydrogen) atoms. The van der Waals surface area contributed by atoms with Crippen molar-refractivity contribution in [2.45, 2.75) is 39.3 Å². The normalized spacial score (nSPS) is 14.6. The predicted molar refractivity (Wildman–Crippen MR) is 126 cm³/mol. The topological polar surface area (TPSA) is 83.6 Å². The number of imidazole rings is 1. The summed E-state index contributed by atoms with van der Waals surface area (Å²) in [5.41, 5.74) is 2.25. The molecule has 0 spiro atoms. The molecule has 0 radical (unpaired) electrons. The second-order valence-electron chi connectivity index (χ2n) is 8.24. The molecule has 178 valence electrons. The van der Waals surface area contributed by atoms with Crippen LogP contribution in [0.1, 0.15) is 31.7 Å². The fraction of sp³-hybridized carbons (Fsp3) is 0.542. The number of hydrogen-bond acceptors (Lipinski definition) is 7. The van der Waals surface area contributed by atoms with Crippen molar-refractivity contribution in [3.63, 3.8) is 0 Å². The second-order valence-corrected chi connectivity index (χ2v) is 8.24. The third-order valence-corrected chi connectivity index (χ3v) is 5.92. The van der Waals surface area contributed by atoms with Crippen LogP contribution in [0.3, 0.4) is 0 Å². The van der Waals surface area contributed by atoms with Gasteiger partial charge in [-0.05, 0) is 30.5 Å². The third-order valence-electron chi connectivity index (χ3n) is 5.92. The Kier molecular flexibility index (Phi) is 7.96. The molecule has 0 saturated carbocycles. The number of benzene rings is 1. The molecule has 1 fully saturated rings. The van der Waals surface area contributed by atoms with Crippen molar-refractivity contribution in [3.05, 3.63) is 46.5 Å². The zero-order chi connectivity index (χ0) is 23.0. The molecule has 1 aromatic carbocycles. The number of unbranched alkanes of at least 4 members (excludes halogenated alkanes) is 1. The first kappa shape index (κ1) is 23.3. The van der Waals surface area contributed by atoms with Crippen LogP contribution in [0.2, 0.25) is 0 Å². The molecular weight excluding hydrogens is 422 g/mol. The van der Waals surface area contributed by atoms with Crippen LogP contribution in [0.4, 0.5) is 0 Å². The van der Waals surface area contributed by atoms with Crippen LogP contribution >= 0.6 is 0 Å². The molecule has 1 aliphatic heterocycles. The van der Waals surface area contributed by atoms with Crippen LogP contribution in [0.25, 0.3) is 11.2 Å². The average molecular weight is 456 g/mol. The lowest BCUT2D eigenvalue weighted by molar-refractivity contribution is 0.0369.